The lowest BCUT2D eigenvalue weighted by atomic mass is 10.2. The van der Waals surface area contributed by atoms with E-state index in [2.05, 4.69) is 15.3 Å². The highest BCUT2D eigenvalue weighted by atomic mass is 32.1. The highest BCUT2D eigenvalue weighted by molar-refractivity contribution is 7.17. The van der Waals surface area contributed by atoms with Gasteiger partial charge in [0, 0.05) is 18.6 Å². The first kappa shape index (κ1) is 11.9. The van der Waals surface area contributed by atoms with Crippen LogP contribution in [0.25, 0.3) is 6.08 Å². The summed E-state index contributed by atoms with van der Waals surface area (Å²) in [5.74, 6) is -0.0308. The first-order valence-electron chi connectivity index (χ1n) is 4.98. The van der Waals surface area contributed by atoms with E-state index >= 15 is 0 Å². The Hall–Kier alpha value is -1.53. The van der Waals surface area contributed by atoms with E-state index in [1.807, 2.05) is 12.3 Å². The summed E-state index contributed by atoms with van der Waals surface area (Å²) in [7, 11) is 1.79. The molecular weight excluding hydrogens is 254 g/mol. The van der Waals surface area contributed by atoms with E-state index in [4.69, 9.17) is 0 Å². The van der Waals surface area contributed by atoms with Crippen molar-refractivity contribution >= 4 is 39.7 Å². The van der Waals surface area contributed by atoms with Crippen molar-refractivity contribution in [2.75, 3.05) is 12.4 Å². The molecule has 4 nitrogen and oxygen atoms in total. The van der Waals surface area contributed by atoms with Gasteiger partial charge in [0.2, 0.25) is 0 Å². The average Bonchev–Trinajstić information content (AvgIpc) is 2.94. The Morgan fingerprint density at radius 1 is 1.53 bits per heavy atom. The van der Waals surface area contributed by atoms with E-state index in [1.54, 1.807) is 25.4 Å². The predicted molar refractivity (Wildman–Crippen MR) is 71.9 cm³/mol. The second kappa shape index (κ2) is 5.20. The molecule has 0 radical (unpaired) electrons. The Morgan fingerprint density at radius 3 is 2.94 bits per heavy atom. The molecule has 0 amide bonds. The third-order valence-electron chi connectivity index (χ3n) is 2.06. The molecule has 0 aliphatic heterocycles. The lowest BCUT2D eigenvalue weighted by Crippen LogP contribution is -1.92. The SMILES string of the molecule is CNc1nc(C)c(C(=O)/C=C/c2nccs2)s1. The number of anilines is 1. The van der Waals surface area contributed by atoms with Crippen LogP contribution >= 0.6 is 22.7 Å². The van der Waals surface area contributed by atoms with Gasteiger partial charge in [-0.25, -0.2) is 9.97 Å². The van der Waals surface area contributed by atoms with Crippen molar-refractivity contribution in [3.8, 4) is 0 Å². The normalized spacial score (nSPS) is 10.9. The van der Waals surface area contributed by atoms with Crippen LogP contribution in [0.3, 0.4) is 0 Å². The van der Waals surface area contributed by atoms with E-state index in [-0.39, 0.29) is 5.78 Å². The first-order chi connectivity index (χ1) is 8.20. The number of nitrogens with one attached hydrogen (secondary N) is 1. The van der Waals surface area contributed by atoms with Gasteiger partial charge in [-0.2, -0.15) is 0 Å². The van der Waals surface area contributed by atoms with E-state index in [9.17, 15) is 4.79 Å². The summed E-state index contributed by atoms with van der Waals surface area (Å²) in [5.41, 5.74) is 0.758. The van der Waals surface area contributed by atoms with Crippen LogP contribution in [-0.2, 0) is 0 Å². The number of hydrogen-bond donors (Lipinski definition) is 1. The summed E-state index contributed by atoms with van der Waals surface area (Å²) in [5, 5.41) is 6.40. The molecule has 1 N–H and O–H groups in total. The Labute approximate surface area is 107 Å². The summed E-state index contributed by atoms with van der Waals surface area (Å²) in [6.45, 7) is 1.84. The summed E-state index contributed by atoms with van der Waals surface area (Å²) < 4.78 is 0. The van der Waals surface area contributed by atoms with Gasteiger partial charge >= 0.3 is 0 Å². The quantitative estimate of drug-likeness (QED) is 0.682. The van der Waals surface area contributed by atoms with Gasteiger partial charge < -0.3 is 5.32 Å². The van der Waals surface area contributed by atoms with Gasteiger partial charge in [-0.05, 0) is 19.1 Å². The number of hydrogen-bond acceptors (Lipinski definition) is 6. The average molecular weight is 265 g/mol. The van der Waals surface area contributed by atoms with E-state index in [0.29, 0.717) is 4.88 Å². The van der Waals surface area contributed by atoms with Crippen LogP contribution in [0.1, 0.15) is 20.4 Å². The van der Waals surface area contributed by atoms with Crippen LogP contribution in [0.2, 0.25) is 0 Å². The smallest absolute Gasteiger partial charge is 0.197 e. The number of allylic oxidation sites excluding steroid dienone is 1. The molecule has 2 heterocycles. The lowest BCUT2D eigenvalue weighted by Gasteiger charge is -1.89. The molecule has 6 heteroatoms. The summed E-state index contributed by atoms with van der Waals surface area (Å²) in [6.07, 6.45) is 4.98. The molecule has 88 valence electrons. The molecule has 0 fully saturated rings. The number of ketones is 1. The molecule has 17 heavy (non-hydrogen) atoms. The summed E-state index contributed by atoms with van der Waals surface area (Å²) in [4.78, 5) is 20.9. The van der Waals surface area contributed by atoms with Gasteiger partial charge in [-0.1, -0.05) is 11.3 Å². The standard InChI is InChI=1S/C11H11N3OS2/c1-7-10(17-11(12-2)14-7)8(15)3-4-9-13-5-6-16-9/h3-6H,1-2H3,(H,12,14)/b4-3+. The third-order valence-corrected chi connectivity index (χ3v) is 3.99. The maximum atomic E-state index is 11.9. The molecular formula is C11H11N3OS2. The minimum atomic E-state index is -0.0308. The van der Waals surface area contributed by atoms with Gasteiger partial charge in [-0.15, -0.1) is 11.3 Å². The largest absolute Gasteiger partial charge is 0.365 e. The molecule has 2 aromatic rings. The van der Waals surface area contributed by atoms with Crippen molar-refractivity contribution in [3.05, 3.63) is 33.2 Å². The van der Waals surface area contributed by atoms with Gasteiger partial charge in [0.1, 0.15) is 5.01 Å². The van der Waals surface area contributed by atoms with Crippen LogP contribution in [-0.4, -0.2) is 22.8 Å². The van der Waals surface area contributed by atoms with Gasteiger partial charge in [-0.3, -0.25) is 4.79 Å². The summed E-state index contributed by atoms with van der Waals surface area (Å²) in [6, 6.07) is 0. The molecule has 0 saturated carbocycles. The third kappa shape index (κ3) is 2.78. The van der Waals surface area contributed by atoms with Crippen LogP contribution < -0.4 is 5.32 Å². The fourth-order valence-corrected chi connectivity index (χ4v) is 2.64. The van der Waals surface area contributed by atoms with Crippen molar-refractivity contribution in [1.29, 1.82) is 0 Å². The highest BCUT2D eigenvalue weighted by Gasteiger charge is 2.12. The van der Waals surface area contributed by atoms with E-state index < -0.39 is 0 Å². The molecule has 0 aliphatic carbocycles. The van der Waals surface area contributed by atoms with Crippen LogP contribution in [0.5, 0.6) is 0 Å². The number of carbonyl (C=O) groups is 1. The molecule has 0 atom stereocenters. The monoisotopic (exact) mass is 265 g/mol. The van der Waals surface area contributed by atoms with Crippen LogP contribution in [0.15, 0.2) is 17.7 Å². The Balaban J connectivity index is 2.17. The Kier molecular flexibility index (Phi) is 3.65. The fourth-order valence-electron chi connectivity index (χ4n) is 1.27. The minimum absolute atomic E-state index is 0.0308. The van der Waals surface area contributed by atoms with E-state index in [0.717, 1.165) is 15.8 Å². The molecule has 0 unspecified atom stereocenters. The number of carbonyl (C=O) groups excluding carboxylic acids is 1. The number of rotatable bonds is 4. The number of nitrogens with zero attached hydrogens (tertiary/aromatic N) is 2. The number of thiazole rings is 2. The van der Waals surface area contributed by atoms with Crippen molar-refractivity contribution < 1.29 is 4.79 Å². The topological polar surface area (TPSA) is 54.9 Å². The molecule has 0 aromatic carbocycles. The van der Waals surface area contributed by atoms with Gasteiger partial charge in [0.05, 0.1) is 10.6 Å². The zero-order valence-electron chi connectivity index (χ0n) is 9.43. The van der Waals surface area contributed by atoms with Crippen molar-refractivity contribution in [1.82, 2.24) is 9.97 Å². The molecule has 2 rings (SSSR count). The van der Waals surface area contributed by atoms with Crippen LogP contribution in [0, 0.1) is 6.92 Å². The molecule has 0 bridgehead atoms. The zero-order chi connectivity index (χ0) is 12.3. The minimum Gasteiger partial charge on any atom is -0.365 e. The highest BCUT2D eigenvalue weighted by Crippen LogP contribution is 2.23. The first-order valence-corrected chi connectivity index (χ1v) is 6.67. The predicted octanol–water partition coefficient (Wildman–Crippen LogP) is 2.85. The number of aromatic nitrogens is 2. The van der Waals surface area contributed by atoms with Crippen molar-refractivity contribution in [3.63, 3.8) is 0 Å². The van der Waals surface area contributed by atoms with Crippen molar-refractivity contribution in [2.45, 2.75) is 6.92 Å². The second-order valence-corrected chi connectivity index (χ2v) is 5.18. The van der Waals surface area contributed by atoms with Crippen LogP contribution in [0.4, 0.5) is 5.13 Å². The molecule has 0 spiro atoms. The maximum absolute atomic E-state index is 11.9. The maximum Gasteiger partial charge on any atom is 0.197 e. The van der Waals surface area contributed by atoms with E-state index in [1.165, 1.54) is 22.7 Å². The van der Waals surface area contributed by atoms with Gasteiger partial charge in [0.25, 0.3) is 0 Å². The molecule has 0 aliphatic rings. The number of aryl methyl sites for hydroxylation is 1. The Morgan fingerprint density at radius 2 is 2.35 bits per heavy atom. The van der Waals surface area contributed by atoms with Crippen molar-refractivity contribution in [2.24, 2.45) is 0 Å². The Bertz CT molecular complexity index is 543. The summed E-state index contributed by atoms with van der Waals surface area (Å²) >= 11 is 2.86. The zero-order valence-corrected chi connectivity index (χ0v) is 11.1. The fraction of sp³-hybridized carbons (Fsp3) is 0.182. The van der Waals surface area contributed by atoms with Gasteiger partial charge in [0.15, 0.2) is 10.9 Å². The second-order valence-electron chi connectivity index (χ2n) is 3.25. The lowest BCUT2D eigenvalue weighted by molar-refractivity contribution is 0.105. The molecule has 0 saturated heterocycles. The molecule has 2 aromatic heterocycles.